The maximum atomic E-state index is 12.8. The highest BCUT2D eigenvalue weighted by atomic mass is 16.5. The standard InChI is InChI=1S/C22H21NO6/c1-14-6-4-7-15(10-14)13-29-22(25)16-11-19(26-2)20(27-3)12-17(16)23-21(24)18-8-5-9-28-18/h4-12H,13H2,1-3H3,(H,23,24). The lowest BCUT2D eigenvalue weighted by Gasteiger charge is -2.15. The number of rotatable bonds is 7. The van der Waals surface area contributed by atoms with Gasteiger partial charge in [-0.3, -0.25) is 4.79 Å². The summed E-state index contributed by atoms with van der Waals surface area (Å²) in [5.41, 5.74) is 2.28. The number of furan rings is 1. The molecule has 0 saturated heterocycles. The predicted octanol–water partition coefficient (Wildman–Crippen LogP) is 4.21. The summed E-state index contributed by atoms with van der Waals surface area (Å²) in [5.74, 6) is -0.306. The Bertz CT molecular complexity index is 1010. The van der Waals surface area contributed by atoms with Gasteiger partial charge in [-0.25, -0.2) is 4.79 Å². The zero-order valence-corrected chi connectivity index (χ0v) is 16.4. The molecule has 2 aromatic carbocycles. The van der Waals surface area contributed by atoms with Gasteiger partial charge in [-0.15, -0.1) is 0 Å². The van der Waals surface area contributed by atoms with Crippen molar-refractivity contribution in [3.63, 3.8) is 0 Å². The van der Waals surface area contributed by atoms with E-state index in [9.17, 15) is 9.59 Å². The van der Waals surface area contributed by atoms with Crippen molar-refractivity contribution in [3.8, 4) is 11.5 Å². The largest absolute Gasteiger partial charge is 0.493 e. The molecule has 29 heavy (non-hydrogen) atoms. The molecule has 150 valence electrons. The number of hydrogen-bond donors (Lipinski definition) is 1. The van der Waals surface area contributed by atoms with Gasteiger partial charge in [0.2, 0.25) is 0 Å². The third-order valence-electron chi connectivity index (χ3n) is 4.19. The molecule has 0 spiro atoms. The number of methoxy groups -OCH3 is 2. The van der Waals surface area contributed by atoms with Crippen LogP contribution in [0.2, 0.25) is 0 Å². The predicted molar refractivity (Wildman–Crippen MR) is 107 cm³/mol. The zero-order valence-electron chi connectivity index (χ0n) is 16.4. The highest BCUT2D eigenvalue weighted by Crippen LogP contribution is 2.34. The van der Waals surface area contributed by atoms with Gasteiger partial charge in [0.1, 0.15) is 6.61 Å². The van der Waals surface area contributed by atoms with E-state index in [4.69, 9.17) is 18.6 Å². The summed E-state index contributed by atoms with van der Waals surface area (Å²) >= 11 is 0. The summed E-state index contributed by atoms with van der Waals surface area (Å²) in [6.07, 6.45) is 1.39. The topological polar surface area (TPSA) is 87.0 Å². The van der Waals surface area contributed by atoms with Crippen molar-refractivity contribution < 1.29 is 28.2 Å². The van der Waals surface area contributed by atoms with Gasteiger partial charge >= 0.3 is 5.97 Å². The second kappa shape index (κ2) is 8.97. The van der Waals surface area contributed by atoms with Crippen LogP contribution in [0.25, 0.3) is 0 Å². The van der Waals surface area contributed by atoms with E-state index in [2.05, 4.69) is 5.32 Å². The van der Waals surface area contributed by atoms with Crippen LogP contribution in [0.4, 0.5) is 5.69 Å². The molecule has 0 saturated carbocycles. The first-order chi connectivity index (χ1) is 14.0. The first-order valence-corrected chi connectivity index (χ1v) is 8.85. The van der Waals surface area contributed by atoms with Gasteiger partial charge in [0.05, 0.1) is 31.7 Å². The SMILES string of the molecule is COc1cc(NC(=O)c2ccco2)c(C(=O)OCc2cccc(C)c2)cc1OC. The lowest BCUT2D eigenvalue weighted by atomic mass is 10.1. The quantitative estimate of drug-likeness (QED) is 0.603. The third-order valence-corrected chi connectivity index (χ3v) is 4.19. The van der Waals surface area contributed by atoms with Crippen molar-refractivity contribution in [1.82, 2.24) is 0 Å². The van der Waals surface area contributed by atoms with E-state index >= 15 is 0 Å². The van der Waals surface area contributed by atoms with Crippen LogP contribution in [-0.4, -0.2) is 26.1 Å². The number of carbonyl (C=O) groups excluding carboxylic acids is 2. The summed E-state index contributed by atoms with van der Waals surface area (Å²) in [5, 5.41) is 2.66. The van der Waals surface area contributed by atoms with E-state index in [0.717, 1.165) is 11.1 Å². The normalized spacial score (nSPS) is 10.3. The summed E-state index contributed by atoms with van der Waals surface area (Å²) < 4.78 is 21.1. The maximum Gasteiger partial charge on any atom is 0.340 e. The van der Waals surface area contributed by atoms with E-state index < -0.39 is 11.9 Å². The zero-order chi connectivity index (χ0) is 20.8. The molecule has 0 unspecified atom stereocenters. The Balaban J connectivity index is 1.87. The molecule has 0 bridgehead atoms. The van der Waals surface area contributed by atoms with Gasteiger partial charge in [-0.2, -0.15) is 0 Å². The Kier molecular flexibility index (Phi) is 6.19. The molecule has 0 atom stereocenters. The summed E-state index contributed by atoms with van der Waals surface area (Å²) in [6.45, 7) is 2.06. The van der Waals surface area contributed by atoms with Crippen LogP contribution in [0.5, 0.6) is 11.5 Å². The monoisotopic (exact) mass is 395 g/mol. The van der Waals surface area contributed by atoms with Crippen LogP contribution in [0.15, 0.2) is 59.2 Å². The number of esters is 1. The Morgan fingerprint density at radius 3 is 2.41 bits per heavy atom. The number of anilines is 1. The molecule has 7 heteroatoms. The molecule has 3 aromatic rings. The minimum atomic E-state index is -0.609. The van der Waals surface area contributed by atoms with Gasteiger partial charge in [-0.1, -0.05) is 29.8 Å². The first kappa shape index (κ1) is 20.0. The molecule has 1 N–H and O–H groups in total. The molecule has 0 radical (unpaired) electrons. The van der Waals surface area contributed by atoms with Crippen molar-refractivity contribution in [1.29, 1.82) is 0 Å². The van der Waals surface area contributed by atoms with Crippen molar-refractivity contribution in [3.05, 3.63) is 77.2 Å². The molecule has 7 nitrogen and oxygen atoms in total. The number of benzene rings is 2. The van der Waals surface area contributed by atoms with Gasteiger partial charge in [0.25, 0.3) is 5.91 Å². The molecule has 0 fully saturated rings. The molecule has 0 aliphatic rings. The van der Waals surface area contributed by atoms with Gasteiger partial charge in [-0.05, 0) is 24.6 Å². The number of amides is 1. The highest BCUT2D eigenvalue weighted by molar-refractivity contribution is 6.07. The Morgan fingerprint density at radius 1 is 1.00 bits per heavy atom. The molecule has 0 aliphatic heterocycles. The number of ether oxygens (including phenoxy) is 3. The molecule has 0 aliphatic carbocycles. The molecule has 1 amide bonds. The fourth-order valence-corrected chi connectivity index (χ4v) is 2.77. The fraction of sp³-hybridized carbons (Fsp3) is 0.182. The number of aryl methyl sites for hydroxylation is 1. The Hall–Kier alpha value is -3.74. The van der Waals surface area contributed by atoms with E-state index in [1.165, 1.54) is 38.7 Å². The average Bonchev–Trinajstić information content (AvgIpc) is 3.26. The molecule has 3 rings (SSSR count). The lowest BCUT2D eigenvalue weighted by molar-refractivity contribution is 0.0473. The summed E-state index contributed by atoms with van der Waals surface area (Å²) in [7, 11) is 2.92. The third kappa shape index (κ3) is 4.76. The van der Waals surface area contributed by atoms with E-state index in [1.54, 1.807) is 6.07 Å². The molecular formula is C22H21NO6. The van der Waals surface area contributed by atoms with Gasteiger partial charge < -0.3 is 23.9 Å². The fourth-order valence-electron chi connectivity index (χ4n) is 2.77. The number of nitrogens with one attached hydrogen (secondary N) is 1. The average molecular weight is 395 g/mol. The van der Waals surface area contributed by atoms with E-state index in [0.29, 0.717) is 11.5 Å². The summed E-state index contributed by atoms with van der Waals surface area (Å²) in [6, 6.07) is 13.7. The second-order valence-corrected chi connectivity index (χ2v) is 6.25. The van der Waals surface area contributed by atoms with Gasteiger partial charge in [0.15, 0.2) is 17.3 Å². The molecular weight excluding hydrogens is 374 g/mol. The number of carbonyl (C=O) groups is 2. The van der Waals surface area contributed by atoms with Crippen LogP contribution in [0, 0.1) is 6.92 Å². The molecule has 1 aromatic heterocycles. The van der Waals surface area contributed by atoms with Crippen molar-refractivity contribution in [2.75, 3.05) is 19.5 Å². The van der Waals surface area contributed by atoms with E-state index in [-0.39, 0.29) is 23.6 Å². The molecule has 1 heterocycles. The summed E-state index contributed by atoms with van der Waals surface area (Å²) in [4.78, 5) is 25.2. The second-order valence-electron chi connectivity index (χ2n) is 6.25. The Labute approximate surface area is 168 Å². The lowest BCUT2D eigenvalue weighted by Crippen LogP contribution is -2.16. The minimum Gasteiger partial charge on any atom is -0.493 e. The van der Waals surface area contributed by atoms with Crippen molar-refractivity contribution in [2.45, 2.75) is 13.5 Å². The number of hydrogen-bond acceptors (Lipinski definition) is 6. The van der Waals surface area contributed by atoms with Crippen LogP contribution in [0.3, 0.4) is 0 Å². The van der Waals surface area contributed by atoms with Gasteiger partial charge in [0, 0.05) is 12.1 Å². The van der Waals surface area contributed by atoms with Crippen LogP contribution >= 0.6 is 0 Å². The van der Waals surface area contributed by atoms with Crippen LogP contribution in [0.1, 0.15) is 32.0 Å². The minimum absolute atomic E-state index is 0.0976. The van der Waals surface area contributed by atoms with E-state index in [1.807, 2.05) is 31.2 Å². The first-order valence-electron chi connectivity index (χ1n) is 8.85. The smallest absolute Gasteiger partial charge is 0.340 e. The van der Waals surface area contributed by atoms with Crippen molar-refractivity contribution in [2.24, 2.45) is 0 Å². The maximum absolute atomic E-state index is 12.8. The van der Waals surface area contributed by atoms with Crippen LogP contribution < -0.4 is 14.8 Å². The van der Waals surface area contributed by atoms with Crippen LogP contribution in [-0.2, 0) is 11.3 Å². The Morgan fingerprint density at radius 2 is 1.76 bits per heavy atom. The van der Waals surface area contributed by atoms with Crippen molar-refractivity contribution >= 4 is 17.6 Å². The highest BCUT2D eigenvalue weighted by Gasteiger charge is 2.21.